The number of amides is 1. The minimum absolute atomic E-state index is 0.240. The van der Waals surface area contributed by atoms with Crippen molar-refractivity contribution in [2.75, 3.05) is 26.2 Å². The van der Waals surface area contributed by atoms with Crippen molar-refractivity contribution in [3.05, 3.63) is 23.8 Å². The monoisotopic (exact) mass is 302 g/mol. The summed E-state index contributed by atoms with van der Waals surface area (Å²) in [7, 11) is 0. The molecule has 1 aromatic heterocycles. The van der Waals surface area contributed by atoms with Crippen LogP contribution in [0.1, 0.15) is 17.3 Å². The van der Waals surface area contributed by atoms with Gasteiger partial charge in [-0.1, -0.05) is 0 Å². The van der Waals surface area contributed by atoms with Crippen LogP contribution in [0.5, 0.6) is 0 Å². The van der Waals surface area contributed by atoms with Crippen LogP contribution in [0.25, 0.3) is 11.1 Å². The molecular weight excluding hydrogens is 284 g/mol. The molecule has 0 atom stereocenters. The number of hydrogen-bond acceptors (Lipinski definition) is 5. The Morgan fingerprint density at radius 3 is 2.86 bits per heavy atom. The fraction of sp³-hybridized carbons (Fsp3) is 0.467. The van der Waals surface area contributed by atoms with Gasteiger partial charge in [-0.25, -0.2) is 4.48 Å². The normalized spacial score (nSPS) is 31.7. The average molecular weight is 302 g/mol. The first-order valence-electron chi connectivity index (χ1n) is 7.33. The van der Waals surface area contributed by atoms with E-state index in [1.165, 1.54) is 0 Å². The van der Waals surface area contributed by atoms with E-state index in [1.54, 1.807) is 12.1 Å². The maximum absolute atomic E-state index is 11.5. The van der Waals surface area contributed by atoms with E-state index in [9.17, 15) is 9.90 Å². The number of rotatable bonds is 3. The zero-order valence-electron chi connectivity index (χ0n) is 12.3. The Kier molecular flexibility index (Phi) is 2.66. The summed E-state index contributed by atoms with van der Waals surface area (Å²) in [4.78, 5) is 16.0. The quantitative estimate of drug-likeness (QED) is 0.680. The summed E-state index contributed by atoms with van der Waals surface area (Å²) in [5.41, 5.74) is 5.88. The number of quaternary nitrogens is 1. The van der Waals surface area contributed by atoms with E-state index < -0.39 is 11.5 Å². The number of primary amides is 1. The third kappa shape index (κ3) is 1.79. The number of carbonyl (C=O) groups is 1. The van der Waals surface area contributed by atoms with Gasteiger partial charge in [0.25, 0.3) is 5.91 Å². The SMILES string of the molecule is CC1(O)C[N+](c2nc3c(C(N)=O)[c]ccc3o2)(C2CNC2)C1. The van der Waals surface area contributed by atoms with Gasteiger partial charge in [0.2, 0.25) is 0 Å². The first-order valence-corrected chi connectivity index (χ1v) is 7.33. The van der Waals surface area contributed by atoms with Crippen LogP contribution in [0.4, 0.5) is 6.01 Å². The van der Waals surface area contributed by atoms with E-state index in [1.807, 2.05) is 6.92 Å². The van der Waals surface area contributed by atoms with E-state index in [4.69, 9.17) is 10.2 Å². The van der Waals surface area contributed by atoms with Gasteiger partial charge in [0, 0.05) is 13.1 Å². The smallest absolute Gasteiger partial charge is 0.395 e. The Morgan fingerprint density at radius 2 is 2.32 bits per heavy atom. The van der Waals surface area contributed by atoms with Crippen molar-refractivity contribution < 1.29 is 14.3 Å². The summed E-state index contributed by atoms with van der Waals surface area (Å²) < 4.78 is 6.42. The molecule has 4 N–H and O–H groups in total. The van der Waals surface area contributed by atoms with Crippen molar-refractivity contribution in [3.63, 3.8) is 0 Å². The molecule has 0 spiro atoms. The molecule has 22 heavy (non-hydrogen) atoms. The third-order valence-corrected chi connectivity index (χ3v) is 4.67. The van der Waals surface area contributed by atoms with Gasteiger partial charge in [-0.3, -0.25) is 4.79 Å². The summed E-state index contributed by atoms with van der Waals surface area (Å²) in [5, 5.41) is 13.5. The van der Waals surface area contributed by atoms with Crippen LogP contribution in [0.3, 0.4) is 0 Å². The molecule has 2 saturated heterocycles. The fourth-order valence-corrected chi connectivity index (χ4v) is 3.60. The molecule has 1 radical (unpaired) electrons. The number of fused-ring (bicyclic) bond motifs is 1. The molecular formula is C15H18N4O3+. The molecule has 2 aromatic rings. The molecule has 2 aliphatic rings. The van der Waals surface area contributed by atoms with Crippen LogP contribution in [0, 0.1) is 6.07 Å². The van der Waals surface area contributed by atoms with Gasteiger partial charge in [-0.2, -0.15) is 4.98 Å². The molecule has 7 heteroatoms. The number of benzene rings is 1. The predicted octanol–water partition coefficient (Wildman–Crippen LogP) is -0.229. The zero-order chi connectivity index (χ0) is 15.5. The summed E-state index contributed by atoms with van der Waals surface area (Å²) in [6.45, 7) is 4.66. The minimum Gasteiger partial charge on any atom is -0.395 e. The van der Waals surface area contributed by atoms with Crippen molar-refractivity contribution in [2.24, 2.45) is 5.73 Å². The van der Waals surface area contributed by atoms with Gasteiger partial charge in [-0.05, 0) is 25.1 Å². The summed E-state index contributed by atoms with van der Waals surface area (Å²) in [6.07, 6.45) is 0. The molecule has 4 rings (SSSR count). The third-order valence-electron chi connectivity index (χ3n) is 4.67. The van der Waals surface area contributed by atoms with E-state index in [2.05, 4.69) is 16.4 Å². The maximum atomic E-state index is 11.5. The standard InChI is InChI=1S/C15H17N4O3/c1-15(21)7-19(8-15,9-5-17-6-9)14-18-12-10(13(16)20)3-2-4-11(12)22-14/h2,4,9,17,21H,5-8H2,1H3,(H-,16,20)/p+1. The summed E-state index contributed by atoms with van der Waals surface area (Å²) in [5.74, 6) is -0.571. The number of nitrogens with one attached hydrogen (secondary N) is 1. The van der Waals surface area contributed by atoms with Gasteiger partial charge in [0.15, 0.2) is 11.2 Å². The topological polar surface area (TPSA) is 101 Å². The highest BCUT2D eigenvalue weighted by molar-refractivity contribution is 6.03. The second kappa shape index (κ2) is 4.28. The number of aromatic nitrogens is 1. The Labute approximate surface area is 127 Å². The zero-order valence-corrected chi connectivity index (χ0v) is 12.3. The molecule has 115 valence electrons. The first kappa shape index (κ1) is 13.7. The second-order valence-corrected chi connectivity index (χ2v) is 6.59. The number of carbonyl (C=O) groups excluding carboxylic acids is 1. The molecule has 0 aliphatic carbocycles. The predicted molar refractivity (Wildman–Crippen MR) is 80.2 cm³/mol. The molecule has 2 aliphatic heterocycles. The highest BCUT2D eigenvalue weighted by Gasteiger charge is 2.61. The molecule has 1 amide bonds. The van der Waals surface area contributed by atoms with Crippen molar-refractivity contribution in [3.8, 4) is 0 Å². The summed E-state index contributed by atoms with van der Waals surface area (Å²) in [6, 6.07) is 7.02. The highest BCUT2D eigenvalue weighted by Crippen LogP contribution is 2.41. The van der Waals surface area contributed by atoms with Gasteiger partial charge in [0.05, 0.1) is 5.56 Å². The first-order chi connectivity index (χ1) is 10.4. The van der Waals surface area contributed by atoms with E-state index in [0.717, 1.165) is 13.1 Å². The molecule has 0 saturated carbocycles. The van der Waals surface area contributed by atoms with Gasteiger partial charge in [-0.15, -0.1) is 0 Å². The van der Waals surface area contributed by atoms with Crippen LogP contribution >= 0.6 is 0 Å². The summed E-state index contributed by atoms with van der Waals surface area (Å²) >= 11 is 0. The fourth-order valence-electron chi connectivity index (χ4n) is 3.60. The van der Waals surface area contributed by atoms with Crippen molar-refractivity contribution in [1.82, 2.24) is 14.8 Å². The largest absolute Gasteiger partial charge is 0.405 e. The average Bonchev–Trinajstić information content (AvgIpc) is 2.77. The lowest BCUT2D eigenvalue weighted by Crippen LogP contribution is -2.82. The van der Waals surface area contributed by atoms with Crippen LogP contribution in [0.15, 0.2) is 16.5 Å². The molecule has 7 nitrogen and oxygen atoms in total. The number of nitrogens with two attached hydrogens (primary N) is 1. The molecule has 0 unspecified atom stereocenters. The Bertz CT molecular complexity index is 755. The van der Waals surface area contributed by atoms with Crippen LogP contribution in [0.2, 0.25) is 0 Å². The number of oxazole rings is 1. The van der Waals surface area contributed by atoms with Crippen molar-refractivity contribution in [1.29, 1.82) is 0 Å². The number of aliphatic hydroxyl groups is 1. The molecule has 3 heterocycles. The maximum Gasteiger partial charge on any atom is 0.405 e. The Balaban J connectivity index is 1.82. The molecule has 2 fully saturated rings. The lowest BCUT2D eigenvalue weighted by molar-refractivity contribution is -0.112. The van der Waals surface area contributed by atoms with E-state index >= 15 is 0 Å². The lowest BCUT2D eigenvalue weighted by atomic mass is 9.88. The van der Waals surface area contributed by atoms with Crippen LogP contribution in [-0.2, 0) is 0 Å². The van der Waals surface area contributed by atoms with Gasteiger partial charge in [0.1, 0.15) is 24.6 Å². The van der Waals surface area contributed by atoms with Crippen LogP contribution < -0.4 is 15.5 Å². The minimum atomic E-state index is -0.713. The van der Waals surface area contributed by atoms with E-state index in [0.29, 0.717) is 40.7 Å². The lowest BCUT2D eigenvalue weighted by Gasteiger charge is -2.56. The molecule has 0 bridgehead atoms. The van der Waals surface area contributed by atoms with E-state index in [-0.39, 0.29) is 5.56 Å². The Hall–Kier alpha value is -1.96. The van der Waals surface area contributed by atoms with Crippen LogP contribution in [-0.4, -0.2) is 53.8 Å². The van der Waals surface area contributed by atoms with Crippen molar-refractivity contribution in [2.45, 2.75) is 18.6 Å². The number of nitrogens with zero attached hydrogens (tertiary/aromatic N) is 2. The van der Waals surface area contributed by atoms with Gasteiger partial charge < -0.3 is 20.6 Å². The number of likely N-dealkylation sites (tertiary alicyclic amines) is 1. The molecule has 1 aromatic carbocycles. The second-order valence-electron chi connectivity index (χ2n) is 6.59. The van der Waals surface area contributed by atoms with Crippen molar-refractivity contribution >= 4 is 23.0 Å². The highest BCUT2D eigenvalue weighted by atomic mass is 16.4. The number of hydrogen-bond donors (Lipinski definition) is 3. The van der Waals surface area contributed by atoms with Gasteiger partial charge >= 0.3 is 6.01 Å². The Morgan fingerprint density at radius 1 is 1.59 bits per heavy atom.